The van der Waals surface area contributed by atoms with Gasteiger partial charge in [-0.15, -0.1) is 0 Å². The second-order valence-electron chi connectivity index (χ2n) is 8.27. The molecule has 0 spiro atoms. The Morgan fingerprint density at radius 1 is 1.04 bits per heavy atom. The Hall–Kier alpha value is -0.546. The highest BCUT2D eigenvalue weighted by Gasteiger charge is 2.43. The molecule has 0 aliphatic heterocycles. The third-order valence-corrected chi connectivity index (χ3v) is 14.0. The minimum atomic E-state index is -2.47. The predicted octanol–water partition coefficient (Wildman–Crippen LogP) is 2.50. The first-order valence-corrected chi connectivity index (χ1v) is 15.2. The molecule has 0 radical (unpaired) electrons. The lowest BCUT2D eigenvalue weighted by Crippen LogP contribution is -2.56. The standard InChI is InChI=1S/C20H36O5Si2/c1-24-27(14-7-13-21,15-12-17-10-11-19(22)20(23)16-17)25-26(2,3)18-8-5-4-6-9-18/h4-6,8-9,17,19-23H,7,10-16H2,1-3H3. The zero-order valence-corrected chi connectivity index (χ0v) is 18.9. The average molecular weight is 413 g/mol. The van der Waals surface area contributed by atoms with Crippen LogP contribution in [0, 0.1) is 5.92 Å². The normalized spacial score (nSPS) is 25.9. The van der Waals surface area contributed by atoms with E-state index in [2.05, 4.69) is 25.2 Å². The van der Waals surface area contributed by atoms with E-state index in [0.29, 0.717) is 25.2 Å². The largest absolute Gasteiger partial charge is 0.432 e. The molecule has 27 heavy (non-hydrogen) atoms. The summed E-state index contributed by atoms with van der Waals surface area (Å²) in [5.41, 5.74) is 0. The van der Waals surface area contributed by atoms with Crippen LogP contribution in [-0.4, -0.2) is 58.1 Å². The van der Waals surface area contributed by atoms with E-state index in [9.17, 15) is 15.3 Å². The zero-order valence-electron chi connectivity index (χ0n) is 16.9. The fourth-order valence-corrected chi connectivity index (χ4v) is 12.6. The van der Waals surface area contributed by atoms with Gasteiger partial charge in [0.1, 0.15) is 0 Å². The molecule has 0 saturated heterocycles. The minimum absolute atomic E-state index is 0.142. The molecule has 0 bridgehead atoms. The lowest BCUT2D eigenvalue weighted by molar-refractivity contribution is -0.0260. The first-order chi connectivity index (χ1) is 12.8. The van der Waals surface area contributed by atoms with Crippen molar-refractivity contribution in [2.24, 2.45) is 5.92 Å². The van der Waals surface area contributed by atoms with Crippen LogP contribution in [0.1, 0.15) is 32.1 Å². The summed E-state index contributed by atoms with van der Waals surface area (Å²) in [7, 11) is -2.86. The second-order valence-corrected chi connectivity index (χ2v) is 15.9. The molecular formula is C20H36O5Si2. The van der Waals surface area contributed by atoms with Crippen LogP contribution >= 0.6 is 0 Å². The number of aliphatic hydroxyl groups excluding tert-OH is 3. The Morgan fingerprint density at radius 3 is 2.33 bits per heavy atom. The Labute approximate surface area is 165 Å². The maximum Gasteiger partial charge on any atom is 0.327 e. The maximum absolute atomic E-state index is 9.98. The lowest BCUT2D eigenvalue weighted by Gasteiger charge is -2.39. The van der Waals surface area contributed by atoms with Crippen molar-refractivity contribution in [3.05, 3.63) is 30.3 Å². The Bertz CT molecular complexity index is 557. The minimum Gasteiger partial charge on any atom is -0.432 e. The van der Waals surface area contributed by atoms with Gasteiger partial charge in [-0.2, -0.15) is 0 Å². The van der Waals surface area contributed by atoms with E-state index in [1.165, 1.54) is 5.19 Å². The summed E-state index contributed by atoms with van der Waals surface area (Å²) in [6.45, 7) is 4.56. The van der Waals surface area contributed by atoms with Crippen molar-refractivity contribution in [2.45, 2.75) is 69.5 Å². The van der Waals surface area contributed by atoms with E-state index in [-0.39, 0.29) is 6.61 Å². The van der Waals surface area contributed by atoms with Crippen molar-refractivity contribution < 1.29 is 23.9 Å². The van der Waals surface area contributed by atoms with E-state index in [1.54, 1.807) is 7.11 Å². The fourth-order valence-electron chi connectivity index (χ4n) is 4.09. The summed E-state index contributed by atoms with van der Waals surface area (Å²) in [6, 6.07) is 12.0. The van der Waals surface area contributed by atoms with E-state index >= 15 is 0 Å². The van der Waals surface area contributed by atoms with Crippen LogP contribution in [-0.2, 0) is 8.54 Å². The second kappa shape index (κ2) is 10.3. The summed E-state index contributed by atoms with van der Waals surface area (Å²) in [6.07, 6.45) is 2.67. The molecule has 1 fully saturated rings. The van der Waals surface area contributed by atoms with Crippen molar-refractivity contribution in [1.82, 2.24) is 0 Å². The van der Waals surface area contributed by atoms with E-state index < -0.39 is 29.1 Å². The van der Waals surface area contributed by atoms with Crippen LogP contribution in [0.25, 0.3) is 0 Å². The molecule has 4 unspecified atom stereocenters. The number of hydrogen-bond donors (Lipinski definition) is 3. The molecule has 154 valence electrons. The quantitative estimate of drug-likeness (QED) is 0.515. The number of rotatable bonds is 10. The highest BCUT2D eigenvalue weighted by Crippen LogP contribution is 2.33. The van der Waals surface area contributed by atoms with Crippen molar-refractivity contribution in [3.8, 4) is 0 Å². The van der Waals surface area contributed by atoms with Crippen molar-refractivity contribution in [3.63, 3.8) is 0 Å². The number of hydrogen-bond acceptors (Lipinski definition) is 5. The summed E-state index contributed by atoms with van der Waals surface area (Å²) >= 11 is 0. The lowest BCUT2D eigenvalue weighted by atomic mass is 9.84. The van der Waals surface area contributed by atoms with Gasteiger partial charge in [0, 0.05) is 13.7 Å². The molecule has 1 aromatic rings. The molecule has 1 aromatic carbocycles. The first kappa shape index (κ1) is 22.7. The monoisotopic (exact) mass is 412 g/mol. The Balaban J connectivity index is 2.09. The molecule has 1 saturated carbocycles. The smallest absolute Gasteiger partial charge is 0.327 e. The number of aliphatic hydroxyl groups is 3. The van der Waals surface area contributed by atoms with Gasteiger partial charge in [-0.3, -0.25) is 0 Å². The van der Waals surface area contributed by atoms with Gasteiger partial charge >= 0.3 is 8.56 Å². The SMILES string of the molecule is CO[Si](CCCO)(CCC1CCC(O)C(O)C1)O[Si](C)(C)c1ccccc1. The maximum atomic E-state index is 9.98. The van der Waals surface area contributed by atoms with Gasteiger partial charge in [0.15, 0.2) is 0 Å². The molecule has 2 rings (SSSR count). The summed E-state index contributed by atoms with van der Waals surface area (Å²) in [4.78, 5) is 0. The molecule has 0 heterocycles. The predicted molar refractivity (Wildman–Crippen MR) is 113 cm³/mol. The van der Waals surface area contributed by atoms with Crippen molar-refractivity contribution in [2.75, 3.05) is 13.7 Å². The van der Waals surface area contributed by atoms with Gasteiger partial charge in [-0.05, 0) is 68.4 Å². The van der Waals surface area contributed by atoms with Gasteiger partial charge in [-0.25, -0.2) is 0 Å². The van der Waals surface area contributed by atoms with Crippen molar-refractivity contribution >= 4 is 22.1 Å². The molecule has 4 atom stereocenters. The third kappa shape index (κ3) is 6.49. The van der Waals surface area contributed by atoms with Gasteiger partial charge in [0.25, 0.3) is 0 Å². The van der Waals surface area contributed by atoms with Gasteiger partial charge in [0.2, 0.25) is 8.32 Å². The topological polar surface area (TPSA) is 79.2 Å². The molecule has 1 aliphatic carbocycles. The molecule has 0 amide bonds. The first-order valence-electron chi connectivity index (χ1n) is 10.1. The molecule has 3 N–H and O–H groups in total. The van der Waals surface area contributed by atoms with Crippen LogP contribution < -0.4 is 5.19 Å². The fraction of sp³-hybridized carbons (Fsp3) is 0.700. The van der Waals surface area contributed by atoms with Crippen LogP contribution in [0.3, 0.4) is 0 Å². The Morgan fingerprint density at radius 2 is 1.74 bits per heavy atom. The molecule has 1 aliphatic rings. The van der Waals surface area contributed by atoms with E-state index in [0.717, 1.165) is 24.9 Å². The van der Waals surface area contributed by atoms with Crippen LogP contribution in [0.5, 0.6) is 0 Å². The average Bonchev–Trinajstić information content (AvgIpc) is 2.67. The van der Waals surface area contributed by atoms with Gasteiger partial charge in [-0.1, -0.05) is 30.3 Å². The third-order valence-electron chi connectivity index (χ3n) is 5.82. The number of benzene rings is 1. The van der Waals surface area contributed by atoms with Gasteiger partial charge < -0.3 is 23.9 Å². The van der Waals surface area contributed by atoms with Gasteiger partial charge in [0.05, 0.1) is 12.2 Å². The van der Waals surface area contributed by atoms with Crippen molar-refractivity contribution in [1.29, 1.82) is 0 Å². The molecule has 0 aromatic heterocycles. The highest BCUT2D eigenvalue weighted by molar-refractivity contribution is 6.91. The summed E-state index contributed by atoms with van der Waals surface area (Å²) in [5, 5.41) is 30.4. The van der Waals surface area contributed by atoms with Crippen LogP contribution in [0.2, 0.25) is 25.2 Å². The molecule has 7 heteroatoms. The van der Waals surface area contributed by atoms with E-state index in [4.69, 9.17) is 8.54 Å². The van der Waals surface area contributed by atoms with Crippen LogP contribution in [0.15, 0.2) is 30.3 Å². The zero-order chi connectivity index (χ0) is 19.9. The van der Waals surface area contributed by atoms with Crippen LogP contribution in [0.4, 0.5) is 0 Å². The summed E-state index contributed by atoms with van der Waals surface area (Å²) < 4.78 is 12.9. The Kier molecular flexibility index (Phi) is 8.67. The highest BCUT2D eigenvalue weighted by atomic mass is 28.4. The van der Waals surface area contributed by atoms with E-state index in [1.807, 2.05) is 18.2 Å². The molecule has 5 nitrogen and oxygen atoms in total. The summed E-state index contributed by atoms with van der Waals surface area (Å²) in [5.74, 6) is 0.393. The molecular weight excluding hydrogens is 376 g/mol.